The van der Waals surface area contributed by atoms with Gasteiger partial charge in [-0.2, -0.15) is 0 Å². The lowest BCUT2D eigenvalue weighted by atomic mass is 10.1. The van der Waals surface area contributed by atoms with E-state index in [0.29, 0.717) is 10.8 Å². The SMILES string of the molecule is Cc1c(C(=O)OC(C)c2nnc(-c3cccs3)o2)sc2ccccc12. The van der Waals surface area contributed by atoms with Crippen molar-refractivity contribution in [1.82, 2.24) is 10.2 Å². The molecule has 4 aromatic rings. The molecule has 0 N–H and O–H groups in total. The number of benzene rings is 1. The van der Waals surface area contributed by atoms with Crippen LogP contribution >= 0.6 is 22.7 Å². The number of hydrogen-bond donors (Lipinski definition) is 0. The summed E-state index contributed by atoms with van der Waals surface area (Å²) < 4.78 is 12.2. The van der Waals surface area contributed by atoms with Crippen molar-refractivity contribution in [3.05, 3.63) is 58.1 Å². The van der Waals surface area contributed by atoms with E-state index in [-0.39, 0.29) is 11.9 Å². The van der Waals surface area contributed by atoms with Gasteiger partial charge in [-0.05, 0) is 42.3 Å². The number of rotatable bonds is 4. The van der Waals surface area contributed by atoms with Crippen molar-refractivity contribution in [2.75, 3.05) is 0 Å². The second-order valence-electron chi connectivity index (χ2n) is 5.52. The minimum Gasteiger partial charge on any atom is -0.448 e. The minimum absolute atomic E-state index is 0.288. The first-order valence-electron chi connectivity index (χ1n) is 7.70. The van der Waals surface area contributed by atoms with Crippen LogP contribution in [0.25, 0.3) is 20.9 Å². The smallest absolute Gasteiger partial charge is 0.349 e. The first-order chi connectivity index (χ1) is 12.1. The Hall–Kier alpha value is -2.51. The van der Waals surface area contributed by atoms with Crippen molar-refractivity contribution in [2.24, 2.45) is 0 Å². The van der Waals surface area contributed by atoms with Crippen LogP contribution < -0.4 is 0 Å². The summed E-state index contributed by atoms with van der Waals surface area (Å²) in [6.07, 6.45) is -0.613. The lowest BCUT2D eigenvalue weighted by Crippen LogP contribution is -2.09. The molecule has 25 heavy (non-hydrogen) atoms. The number of esters is 1. The molecule has 5 nitrogen and oxygen atoms in total. The van der Waals surface area contributed by atoms with E-state index in [4.69, 9.17) is 9.15 Å². The van der Waals surface area contributed by atoms with E-state index in [1.165, 1.54) is 22.7 Å². The summed E-state index contributed by atoms with van der Waals surface area (Å²) >= 11 is 2.95. The predicted molar refractivity (Wildman–Crippen MR) is 98.0 cm³/mol. The molecule has 0 aliphatic heterocycles. The van der Waals surface area contributed by atoms with Crippen LogP contribution in [0.2, 0.25) is 0 Å². The quantitative estimate of drug-likeness (QED) is 0.460. The molecule has 0 bridgehead atoms. The number of carbonyl (C=O) groups excluding carboxylic acids is 1. The average molecular weight is 370 g/mol. The molecule has 3 aromatic heterocycles. The van der Waals surface area contributed by atoms with Crippen LogP contribution in [0.1, 0.15) is 34.2 Å². The molecular weight excluding hydrogens is 356 g/mol. The van der Waals surface area contributed by atoms with E-state index in [1.54, 1.807) is 6.92 Å². The Morgan fingerprint density at radius 1 is 1.20 bits per heavy atom. The Morgan fingerprint density at radius 3 is 2.80 bits per heavy atom. The molecule has 0 aliphatic carbocycles. The lowest BCUT2D eigenvalue weighted by molar-refractivity contribution is 0.0285. The second-order valence-corrected chi connectivity index (χ2v) is 7.52. The van der Waals surface area contributed by atoms with Crippen LogP contribution in [0.5, 0.6) is 0 Å². The van der Waals surface area contributed by atoms with Gasteiger partial charge in [-0.25, -0.2) is 4.79 Å². The maximum atomic E-state index is 12.6. The van der Waals surface area contributed by atoms with Gasteiger partial charge in [0.05, 0.1) is 4.88 Å². The molecular formula is C18H14N2O3S2. The number of fused-ring (bicyclic) bond motifs is 1. The summed E-state index contributed by atoms with van der Waals surface area (Å²) in [5.41, 5.74) is 0.933. The van der Waals surface area contributed by atoms with Gasteiger partial charge in [0.2, 0.25) is 0 Å². The fraction of sp³-hybridized carbons (Fsp3) is 0.167. The van der Waals surface area contributed by atoms with E-state index in [2.05, 4.69) is 10.2 Å². The van der Waals surface area contributed by atoms with Crippen LogP contribution in [0.15, 0.2) is 46.2 Å². The molecule has 0 radical (unpaired) electrons. The van der Waals surface area contributed by atoms with Crippen LogP contribution in [0.4, 0.5) is 0 Å². The largest absolute Gasteiger partial charge is 0.448 e. The third-order valence-electron chi connectivity index (χ3n) is 3.83. The Bertz CT molecular complexity index is 1030. The first-order valence-corrected chi connectivity index (χ1v) is 9.39. The van der Waals surface area contributed by atoms with Crippen molar-refractivity contribution in [1.29, 1.82) is 0 Å². The standard InChI is InChI=1S/C18H14N2O3S2/c1-10-12-6-3-4-7-13(12)25-15(10)18(21)22-11(2)16-19-20-17(23-16)14-8-5-9-24-14/h3-9,11H,1-2H3. The highest BCUT2D eigenvalue weighted by atomic mass is 32.1. The highest BCUT2D eigenvalue weighted by Crippen LogP contribution is 2.32. The second kappa shape index (κ2) is 6.42. The Kier molecular flexibility index (Phi) is 4.10. The lowest BCUT2D eigenvalue weighted by Gasteiger charge is -2.08. The Morgan fingerprint density at radius 2 is 2.04 bits per heavy atom. The molecule has 3 heterocycles. The zero-order chi connectivity index (χ0) is 17.4. The Labute approximate surface area is 151 Å². The molecule has 126 valence electrons. The van der Waals surface area contributed by atoms with Crippen LogP contribution in [-0.2, 0) is 4.74 Å². The average Bonchev–Trinajstić information content (AvgIpc) is 3.34. The van der Waals surface area contributed by atoms with Crippen LogP contribution in [-0.4, -0.2) is 16.2 Å². The van der Waals surface area contributed by atoms with Gasteiger partial charge in [0, 0.05) is 4.70 Å². The van der Waals surface area contributed by atoms with Gasteiger partial charge in [-0.15, -0.1) is 32.9 Å². The number of aryl methyl sites for hydroxylation is 1. The summed E-state index contributed by atoms with van der Waals surface area (Å²) in [5.74, 6) is 0.350. The molecule has 0 fully saturated rings. The number of thiophene rings is 2. The van der Waals surface area contributed by atoms with Crippen molar-refractivity contribution >= 4 is 38.7 Å². The number of nitrogens with zero attached hydrogens (tertiary/aromatic N) is 2. The van der Waals surface area contributed by atoms with E-state index in [0.717, 1.165) is 20.5 Å². The van der Waals surface area contributed by atoms with Crippen LogP contribution in [0, 0.1) is 6.92 Å². The summed E-state index contributed by atoms with van der Waals surface area (Å²) in [4.78, 5) is 14.0. The third kappa shape index (κ3) is 2.96. The summed E-state index contributed by atoms with van der Waals surface area (Å²) in [6, 6.07) is 11.7. The van der Waals surface area contributed by atoms with E-state index in [9.17, 15) is 4.79 Å². The topological polar surface area (TPSA) is 65.2 Å². The van der Waals surface area contributed by atoms with Gasteiger partial charge in [-0.3, -0.25) is 0 Å². The monoisotopic (exact) mass is 370 g/mol. The fourth-order valence-electron chi connectivity index (χ4n) is 2.53. The third-order valence-corrected chi connectivity index (χ3v) is 5.94. The van der Waals surface area contributed by atoms with Gasteiger partial charge in [0.25, 0.3) is 11.8 Å². The number of aromatic nitrogens is 2. The molecule has 0 spiro atoms. The normalized spacial score (nSPS) is 12.4. The first kappa shape index (κ1) is 16.0. The van der Waals surface area contributed by atoms with Crippen molar-refractivity contribution < 1.29 is 13.9 Å². The molecule has 1 unspecified atom stereocenters. The number of ether oxygens (including phenoxy) is 1. The zero-order valence-electron chi connectivity index (χ0n) is 13.6. The molecule has 0 amide bonds. The molecule has 4 rings (SSSR count). The van der Waals surface area contributed by atoms with E-state index < -0.39 is 6.10 Å². The molecule has 0 saturated carbocycles. The van der Waals surface area contributed by atoms with Gasteiger partial charge in [-0.1, -0.05) is 24.3 Å². The summed E-state index contributed by atoms with van der Waals surface area (Å²) in [5, 5.41) is 11.0. The number of carbonyl (C=O) groups is 1. The van der Waals surface area contributed by atoms with Gasteiger partial charge in [0.1, 0.15) is 4.88 Å². The summed E-state index contributed by atoms with van der Waals surface area (Å²) in [7, 11) is 0. The summed E-state index contributed by atoms with van der Waals surface area (Å²) in [6.45, 7) is 3.66. The number of hydrogen-bond acceptors (Lipinski definition) is 7. The minimum atomic E-state index is -0.613. The predicted octanol–water partition coefficient (Wildman–Crippen LogP) is 5.24. The van der Waals surface area contributed by atoms with Gasteiger partial charge >= 0.3 is 5.97 Å². The highest BCUT2D eigenvalue weighted by molar-refractivity contribution is 7.21. The highest BCUT2D eigenvalue weighted by Gasteiger charge is 2.23. The van der Waals surface area contributed by atoms with E-state index >= 15 is 0 Å². The molecule has 0 aliphatic rings. The molecule has 7 heteroatoms. The van der Waals surface area contributed by atoms with Crippen molar-refractivity contribution in [3.8, 4) is 10.8 Å². The van der Waals surface area contributed by atoms with Crippen molar-refractivity contribution in [2.45, 2.75) is 20.0 Å². The van der Waals surface area contributed by atoms with Crippen LogP contribution in [0.3, 0.4) is 0 Å². The van der Waals surface area contributed by atoms with Gasteiger partial charge < -0.3 is 9.15 Å². The molecule has 0 saturated heterocycles. The fourth-order valence-corrected chi connectivity index (χ4v) is 4.27. The Balaban J connectivity index is 1.55. The maximum Gasteiger partial charge on any atom is 0.349 e. The van der Waals surface area contributed by atoms with Gasteiger partial charge in [0.15, 0.2) is 6.10 Å². The maximum absolute atomic E-state index is 12.6. The molecule has 1 atom stereocenters. The molecule has 1 aromatic carbocycles. The van der Waals surface area contributed by atoms with E-state index in [1.807, 2.05) is 48.7 Å². The zero-order valence-corrected chi connectivity index (χ0v) is 15.2. The van der Waals surface area contributed by atoms with Crippen molar-refractivity contribution in [3.63, 3.8) is 0 Å².